The second-order valence-corrected chi connectivity index (χ2v) is 5.63. The molecule has 0 saturated carbocycles. The van der Waals surface area contributed by atoms with Crippen LogP contribution in [0.4, 0.5) is 0 Å². The highest BCUT2D eigenvalue weighted by Gasteiger charge is 2.23. The van der Waals surface area contributed by atoms with Gasteiger partial charge in [0.2, 0.25) is 5.91 Å². The van der Waals surface area contributed by atoms with Crippen LogP contribution in [0.3, 0.4) is 0 Å². The van der Waals surface area contributed by atoms with Gasteiger partial charge >= 0.3 is 0 Å². The van der Waals surface area contributed by atoms with Crippen molar-refractivity contribution in [2.24, 2.45) is 5.41 Å². The third-order valence-corrected chi connectivity index (χ3v) is 3.35. The molecular weight excluding hydrogens is 216 g/mol. The fraction of sp³-hybridized carbons (Fsp3) is 0.923. The second kappa shape index (κ2) is 6.97. The molecule has 0 radical (unpaired) electrons. The number of hydrogen-bond acceptors (Lipinski definition) is 3. The average Bonchev–Trinajstić information content (AvgIpc) is 2.35. The van der Waals surface area contributed by atoms with Gasteiger partial charge < -0.3 is 15.4 Å². The van der Waals surface area contributed by atoms with Crippen LogP contribution >= 0.6 is 0 Å². The molecule has 1 rings (SSSR count). The molecule has 2 N–H and O–H groups in total. The van der Waals surface area contributed by atoms with Gasteiger partial charge in [0.15, 0.2) is 0 Å². The Morgan fingerprint density at radius 3 is 2.82 bits per heavy atom. The molecule has 17 heavy (non-hydrogen) atoms. The third kappa shape index (κ3) is 5.50. The lowest BCUT2D eigenvalue weighted by atomic mass is 9.89. The number of carbonyl (C=O) groups is 1. The fourth-order valence-electron chi connectivity index (χ4n) is 1.99. The first-order chi connectivity index (χ1) is 8.05. The summed E-state index contributed by atoms with van der Waals surface area (Å²) in [6.07, 6.45) is 4.26. The quantitative estimate of drug-likeness (QED) is 0.738. The van der Waals surface area contributed by atoms with E-state index in [4.69, 9.17) is 4.74 Å². The summed E-state index contributed by atoms with van der Waals surface area (Å²) in [6, 6.07) is 0.0157. The molecule has 0 spiro atoms. The molecule has 100 valence electrons. The van der Waals surface area contributed by atoms with Crippen LogP contribution in [-0.2, 0) is 9.53 Å². The third-order valence-electron chi connectivity index (χ3n) is 3.35. The van der Waals surface area contributed by atoms with Crippen LogP contribution in [-0.4, -0.2) is 38.8 Å². The Morgan fingerprint density at radius 1 is 1.47 bits per heavy atom. The van der Waals surface area contributed by atoms with Gasteiger partial charge in [0.25, 0.3) is 0 Å². The van der Waals surface area contributed by atoms with Crippen LogP contribution in [0, 0.1) is 5.41 Å². The summed E-state index contributed by atoms with van der Waals surface area (Å²) in [5.74, 6) is 0.148. The number of carbonyl (C=O) groups excluding carboxylic acids is 1. The minimum atomic E-state index is 0.0157. The molecule has 4 nitrogen and oxygen atoms in total. The predicted molar refractivity (Wildman–Crippen MR) is 68.9 cm³/mol. The molecule has 0 aromatic carbocycles. The van der Waals surface area contributed by atoms with Crippen molar-refractivity contribution in [3.05, 3.63) is 0 Å². The summed E-state index contributed by atoms with van der Waals surface area (Å²) in [6.45, 7) is 6.73. The van der Waals surface area contributed by atoms with E-state index in [2.05, 4.69) is 24.5 Å². The Bertz CT molecular complexity index is 236. The number of ether oxygens (including phenoxy) is 1. The molecular formula is C13H26N2O2. The highest BCUT2D eigenvalue weighted by molar-refractivity contribution is 5.81. The van der Waals surface area contributed by atoms with E-state index in [1.807, 2.05) is 0 Å². The summed E-state index contributed by atoms with van der Waals surface area (Å²) in [7, 11) is 1.71. The van der Waals surface area contributed by atoms with Crippen LogP contribution in [0.1, 0.15) is 39.5 Å². The topological polar surface area (TPSA) is 50.4 Å². The van der Waals surface area contributed by atoms with Crippen LogP contribution in [0.5, 0.6) is 0 Å². The molecule has 0 bridgehead atoms. The largest absolute Gasteiger partial charge is 0.385 e. The Labute approximate surface area is 104 Å². The monoisotopic (exact) mass is 242 g/mol. The molecule has 1 fully saturated rings. The normalized spacial score (nSPS) is 21.2. The van der Waals surface area contributed by atoms with Crippen LogP contribution < -0.4 is 10.6 Å². The van der Waals surface area contributed by atoms with Crippen molar-refractivity contribution >= 4 is 5.91 Å². The number of nitrogens with one attached hydrogen (secondary N) is 2. The average molecular weight is 242 g/mol. The summed E-state index contributed by atoms with van der Waals surface area (Å²) in [5.41, 5.74) is 0.0976. The van der Waals surface area contributed by atoms with E-state index < -0.39 is 0 Å². The highest BCUT2D eigenvalue weighted by Crippen LogP contribution is 2.19. The highest BCUT2D eigenvalue weighted by atomic mass is 16.5. The van der Waals surface area contributed by atoms with Crippen molar-refractivity contribution in [1.82, 2.24) is 10.6 Å². The molecule has 0 unspecified atom stereocenters. The van der Waals surface area contributed by atoms with Crippen molar-refractivity contribution < 1.29 is 9.53 Å². The van der Waals surface area contributed by atoms with E-state index in [0.717, 1.165) is 32.4 Å². The van der Waals surface area contributed by atoms with Crippen LogP contribution in [0.2, 0.25) is 0 Å². The van der Waals surface area contributed by atoms with Gasteiger partial charge in [-0.1, -0.05) is 20.3 Å². The second-order valence-electron chi connectivity index (χ2n) is 5.63. The van der Waals surface area contributed by atoms with Crippen molar-refractivity contribution in [3.63, 3.8) is 0 Å². The van der Waals surface area contributed by atoms with Gasteiger partial charge in [-0.25, -0.2) is 0 Å². The lowest BCUT2D eigenvalue weighted by Crippen LogP contribution is -2.48. The van der Waals surface area contributed by atoms with Gasteiger partial charge in [0.1, 0.15) is 0 Å². The first kappa shape index (κ1) is 14.5. The van der Waals surface area contributed by atoms with Crippen molar-refractivity contribution in [2.45, 2.75) is 45.6 Å². The minimum Gasteiger partial charge on any atom is -0.385 e. The smallest absolute Gasteiger partial charge is 0.237 e. The van der Waals surface area contributed by atoms with Crippen molar-refractivity contribution in [1.29, 1.82) is 0 Å². The van der Waals surface area contributed by atoms with E-state index >= 15 is 0 Å². The lowest BCUT2D eigenvalue weighted by Gasteiger charge is -2.27. The molecule has 1 aliphatic rings. The Kier molecular flexibility index (Phi) is 5.92. The lowest BCUT2D eigenvalue weighted by molar-refractivity contribution is -0.124. The summed E-state index contributed by atoms with van der Waals surface area (Å²) >= 11 is 0. The van der Waals surface area contributed by atoms with Gasteiger partial charge in [-0.15, -0.1) is 0 Å². The summed E-state index contributed by atoms with van der Waals surface area (Å²) in [4.78, 5) is 11.9. The predicted octanol–water partition coefficient (Wildman–Crippen LogP) is 1.31. The molecule has 1 amide bonds. The molecule has 4 heteroatoms. The maximum absolute atomic E-state index is 11.9. The van der Waals surface area contributed by atoms with Crippen molar-refractivity contribution in [2.75, 3.05) is 26.8 Å². The number of methoxy groups -OCH3 is 1. The van der Waals surface area contributed by atoms with Gasteiger partial charge in [-0.3, -0.25) is 4.79 Å². The van der Waals surface area contributed by atoms with Crippen molar-refractivity contribution in [3.8, 4) is 0 Å². The molecule has 1 atom stereocenters. The number of amides is 1. The zero-order chi connectivity index (χ0) is 12.7. The Hall–Kier alpha value is -0.610. The van der Waals surface area contributed by atoms with E-state index in [1.54, 1.807) is 7.11 Å². The molecule has 1 saturated heterocycles. The SMILES string of the molecule is COCCC(C)(C)CNC(=O)[C@H]1CCCCN1. The van der Waals surface area contributed by atoms with Crippen LogP contribution in [0.25, 0.3) is 0 Å². The van der Waals surface area contributed by atoms with Crippen LogP contribution in [0.15, 0.2) is 0 Å². The van der Waals surface area contributed by atoms with Gasteiger partial charge in [0.05, 0.1) is 6.04 Å². The number of hydrogen-bond donors (Lipinski definition) is 2. The maximum atomic E-state index is 11.9. The first-order valence-corrected chi connectivity index (χ1v) is 6.55. The van der Waals surface area contributed by atoms with E-state index in [-0.39, 0.29) is 17.4 Å². The maximum Gasteiger partial charge on any atom is 0.237 e. The zero-order valence-electron chi connectivity index (χ0n) is 11.3. The minimum absolute atomic E-state index is 0.0157. The molecule has 0 aromatic rings. The Morgan fingerprint density at radius 2 is 2.24 bits per heavy atom. The summed E-state index contributed by atoms with van der Waals surface area (Å²) < 4.78 is 5.08. The molecule has 1 heterocycles. The number of piperidine rings is 1. The van der Waals surface area contributed by atoms with Gasteiger partial charge in [-0.05, 0) is 31.2 Å². The zero-order valence-corrected chi connectivity index (χ0v) is 11.3. The van der Waals surface area contributed by atoms with Gasteiger partial charge in [-0.2, -0.15) is 0 Å². The summed E-state index contributed by atoms with van der Waals surface area (Å²) in [5, 5.41) is 6.31. The Balaban J connectivity index is 2.26. The molecule has 0 aromatic heterocycles. The fourth-order valence-corrected chi connectivity index (χ4v) is 1.99. The number of rotatable bonds is 6. The molecule has 0 aliphatic carbocycles. The standard InChI is InChI=1S/C13H26N2O2/c1-13(2,7-9-17-3)10-15-12(16)11-6-4-5-8-14-11/h11,14H,4-10H2,1-3H3,(H,15,16)/t11-/m1/s1. The first-order valence-electron chi connectivity index (χ1n) is 6.55. The van der Waals surface area contributed by atoms with Gasteiger partial charge in [0, 0.05) is 20.3 Å². The van der Waals surface area contributed by atoms with E-state index in [1.165, 1.54) is 6.42 Å². The van der Waals surface area contributed by atoms with E-state index in [9.17, 15) is 4.79 Å². The molecule has 1 aliphatic heterocycles. The van der Waals surface area contributed by atoms with E-state index in [0.29, 0.717) is 6.54 Å².